The summed E-state index contributed by atoms with van der Waals surface area (Å²) in [5, 5.41) is 17.6. The summed E-state index contributed by atoms with van der Waals surface area (Å²) in [6.45, 7) is 5.65. The van der Waals surface area contributed by atoms with Crippen LogP contribution in [0.3, 0.4) is 0 Å². The molecule has 0 saturated heterocycles. The van der Waals surface area contributed by atoms with Gasteiger partial charge in [-0.15, -0.1) is 0 Å². The van der Waals surface area contributed by atoms with E-state index in [2.05, 4.69) is 10.6 Å². The zero-order chi connectivity index (χ0) is 17.7. The Morgan fingerprint density at radius 1 is 1.04 bits per heavy atom. The Hall–Kier alpha value is -2.40. The van der Waals surface area contributed by atoms with Crippen molar-refractivity contribution in [2.45, 2.75) is 38.8 Å². The molecule has 0 heterocycles. The Balaban J connectivity index is 1.92. The first kappa shape index (κ1) is 17.9. The van der Waals surface area contributed by atoms with Crippen LogP contribution in [0.1, 0.15) is 38.9 Å². The van der Waals surface area contributed by atoms with Crippen molar-refractivity contribution in [3.05, 3.63) is 48.0 Å². The lowest BCUT2D eigenvalue weighted by Gasteiger charge is -2.20. The van der Waals surface area contributed by atoms with Gasteiger partial charge in [0.25, 0.3) is 0 Å². The quantitative estimate of drug-likeness (QED) is 0.754. The first-order chi connectivity index (χ1) is 11.3. The van der Waals surface area contributed by atoms with Crippen molar-refractivity contribution < 1.29 is 14.7 Å². The van der Waals surface area contributed by atoms with Crippen LogP contribution in [0.2, 0.25) is 0 Å². The molecule has 0 aliphatic heterocycles. The van der Waals surface area contributed by atoms with Crippen LogP contribution in [0.5, 0.6) is 0 Å². The lowest BCUT2D eigenvalue weighted by atomic mass is 9.99. The van der Waals surface area contributed by atoms with Gasteiger partial charge >= 0.3 is 11.8 Å². The first-order valence-corrected chi connectivity index (χ1v) is 8.04. The molecule has 0 aliphatic rings. The number of carbonyl (C=O) groups excluding carboxylic acids is 2. The van der Waals surface area contributed by atoms with Gasteiger partial charge in [0, 0.05) is 12.1 Å². The standard InChI is InChI=1S/C19H24N2O3/c1-19(2,3)21-18(24)17(23)20-12-11-16(22)15-10-6-8-13-7-4-5-9-14(13)15/h4-10,16,22H,11-12H2,1-3H3,(H,20,23)(H,21,24). The van der Waals surface area contributed by atoms with E-state index in [1.165, 1.54) is 0 Å². The minimum Gasteiger partial charge on any atom is -0.388 e. The molecule has 24 heavy (non-hydrogen) atoms. The van der Waals surface area contributed by atoms with Gasteiger partial charge in [0.1, 0.15) is 0 Å². The molecule has 5 nitrogen and oxygen atoms in total. The minimum absolute atomic E-state index is 0.223. The van der Waals surface area contributed by atoms with Gasteiger partial charge in [0.2, 0.25) is 0 Å². The summed E-state index contributed by atoms with van der Waals surface area (Å²) in [7, 11) is 0. The summed E-state index contributed by atoms with van der Waals surface area (Å²) in [5.74, 6) is -1.35. The van der Waals surface area contributed by atoms with E-state index in [0.29, 0.717) is 6.42 Å². The van der Waals surface area contributed by atoms with Gasteiger partial charge in [0.05, 0.1) is 6.10 Å². The average molecular weight is 328 g/mol. The molecule has 5 heteroatoms. The number of fused-ring (bicyclic) bond motifs is 1. The van der Waals surface area contributed by atoms with Crippen LogP contribution in [-0.2, 0) is 9.59 Å². The second kappa shape index (κ2) is 7.45. The van der Waals surface area contributed by atoms with Crippen molar-refractivity contribution >= 4 is 22.6 Å². The van der Waals surface area contributed by atoms with Crippen LogP contribution >= 0.6 is 0 Å². The van der Waals surface area contributed by atoms with E-state index in [1.807, 2.05) is 63.2 Å². The molecular weight excluding hydrogens is 304 g/mol. The van der Waals surface area contributed by atoms with E-state index < -0.39 is 23.5 Å². The van der Waals surface area contributed by atoms with Crippen LogP contribution in [0, 0.1) is 0 Å². The highest BCUT2D eigenvalue weighted by Crippen LogP contribution is 2.25. The summed E-state index contributed by atoms with van der Waals surface area (Å²) >= 11 is 0. The first-order valence-electron chi connectivity index (χ1n) is 8.04. The number of hydrogen-bond donors (Lipinski definition) is 3. The number of benzene rings is 2. The molecule has 2 aromatic carbocycles. The molecule has 3 N–H and O–H groups in total. The monoisotopic (exact) mass is 328 g/mol. The van der Waals surface area contributed by atoms with Gasteiger partial charge in [-0.25, -0.2) is 0 Å². The Labute approximate surface area is 142 Å². The molecule has 0 radical (unpaired) electrons. The van der Waals surface area contributed by atoms with Crippen LogP contribution in [0.25, 0.3) is 10.8 Å². The Morgan fingerprint density at radius 3 is 2.42 bits per heavy atom. The molecule has 0 aliphatic carbocycles. The second-order valence-electron chi connectivity index (χ2n) is 6.83. The fourth-order valence-corrected chi connectivity index (χ4v) is 2.50. The van der Waals surface area contributed by atoms with Crippen molar-refractivity contribution in [3.8, 4) is 0 Å². The van der Waals surface area contributed by atoms with Crippen LogP contribution in [-0.4, -0.2) is 29.0 Å². The summed E-state index contributed by atoms with van der Waals surface area (Å²) in [4.78, 5) is 23.4. The molecule has 1 unspecified atom stereocenters. The Kier molecular flexibility index (Phi) is 5.57. The molecule has 0 saturated carbocycles. The summed E-state index contributed by atoms with van der Waals surface area (Å²) in [5.41, 5.74) is 0.359. The Morgan fingerprint density at radius 2 is 1.71 bits per heavy atom. The fraction of sp³-hybridized carbons (Fsp3) is 0.368. The zero-order valence-electron chi connectivity index (χ0n) is 14.3. The molecule has 128 valence electrons. The largest absolute Gasteiger partial charge is 0.388 e. The van der Waals surface area contributed by atoms with Gasteiger partial charge in [-0.2, -0.15) is 0 Å². The lowest BCUT2D eigenvalue weighted by Crippen LogP contribution is -2.48. The topological polar surface area (TPSA) is 78.4 Å². The number of amides is 2. The van der Waals surface area contributed by atoms with Gasteiger partial charge < -0.3 is 15.7 Å². The minimum atomic E-state index is -0.706. The predicted octanol–water partition coefficient (Wildman–Crippen LogP) is 2.29. The molecule has 2 aromatic rings. The molecular formula is C19H24N2O3. The van der Waals surface area contributed by atoms with E-state index in [1.54, 1.807) is 0 Å². The molecule has 0 spiro atoms. The zero-order valence-corrected chi connectivity index (χ0v) is 14.3. The number of carbonyl (C=O) groups is 2. The normalized spacial score (nSPS) is 12.7. The van der Waals surface area contributed by atoms with E-state index in [-0.39, 0.29) is 6.54 Å². The third-order valence-electron chi connectivity index (χ3n) is 3.58. The maximum atomic E-state index is 11.7. The van der Waals surface area contributed by atoms with Crippen molar-refractivity contribution in [2.24, 2.45) is 0 Å². The average Bonchev–Trinajstić information content (AvgIpc) is 2.52. The number of hydrogen-bond acceptors (Lipinski definition) is 3. The lowest BCUT2D eigenvalue weighted by molar-refractivity contribution is -0.140. The van der Waals surface area contributed by atoms with Crippen LogP contribution < -0.4 is 10.6 Å². The summed E-state index contributed by atoms with van der Waals surface area (Å²) < 4.78 is 0. The molecule has 0 fully saturated rings. The third-order valence-corrected chi connectivity index (χ3v) is 3.58. The van der Waals surface area contributed by atoms with Crippen LogP contribution in [0.15, 0.2) is 42.5 Å². The SMILES string of the molecule is CC(C)(C)NC(=O)C(=O)NCCC(O)c1cccc2ccccc12. The van der Waals surface area contributed by atoms with Gasteiger partial charge in [-0.05, 0) is 43.5 Å². The van der Waals surface area contributed by atoms with E-state index in [0.717, 1.165) is 16.3 Å². The number of aliphatic hydroxyl groups excluding tert-OH is 1. The summed E-state index contributed by atoms with van der Waals surface area (Å²) in [6, 6.07) is 13.6. The molecule has 2 rings (SSSR count). The maximum Gasteiger partial charge on any atom is 0.309 e. The van der Waals surface area contributed by atoms with E-state index >= 15 is 0 Å². The number of aliphatic hydroxyl groups is 1. The van der Waals surface area contributed by atoms with Gasteiger partial charge in [-0.1, -0.05) is 42.5 Å². The van der Waals surface area contributed by atoms with Crippen molar-refractivity contribution in [1.82, 2.24) is 10.6 Å². The number of rotatable bonds is 4. The van der Waals surface area contributed by atoms with Crippen molar-refractivity contribution in [2.75, 3.05) is 6.54 Å². The van der Waals surface area contributed by atoms with E-state index in [4.69, 9.17) is 0 Å². The number of nitrogens with one attached hydrogen (secondary N) is 2. The Bertz CT molecular complexity index is 729. The predicted molar refractivity (Wildman–Crippen MR) is 94.4 cm³/mol. The summed E-state index contributed by atoms with van der Waals surface area (Å²) in [6.07, 6.45) is -0.371. The van der Waals surface area contributed by atoms with Gasteiger partial charge in [0.15, 0.2) is 0 Å². The highest BCUT2D eigenvalue weighted by molar-refractivity contribution is 6.35. The van der Waals surface area contributed by atoms with E-state index in [9.17, 15) is 14.7 Å². The maximum absolute atomic E-state index is 11.7. The van der Waals surface area contributed by atoms with Crippen LogP contribution in [0.4, 0.5) is 0 Å². The highest BCUT2D eigenvalue weighted by atomic mass is 16.3. The fourth-order valence-electron chi connectivity index (χ4n) is 2.50. The smallest absolute Gasteiger partial charge is 0.309 e. The van der Waals surface area contributed by atoms with Crippen molar-refractivity contribution in [3.63, 3.8) is 0 Å². The molecule has 1 atom stereocenters. The van der Waals surface area contributed by atoms with Gasteiger partial charge in [-0.3, -0.25) is 9.59 Å². The molecule has 0 aromatic heterocycles. The van der Waals surface area contributed by atoms with Crippen molar-refractivity contribution in [1.29, 1.82) is 0 Å². The molecule has 0 bridgehead atoms. The molecule has 2 amide bonds. The second-order valence-corrected chi connectivity index (χ2v) is 6.83. The third kappa shape index (κ3) is 4.80. The highest BCUT2D eigenvalue weighted by Gasteiger charge is 2.20.